The zero-order valence-corrected chi connectivity index (χ0v) is 15.0. The Labute approximate surface area is 158 Å². The highest BCUT2D eigenvalue weighted by atomic mass is 19.4. The zero-order chi connectivity index (χ0) is 19.9. The van der Waals surface area contributed by atoms with E-state index < -0.39 is 12.1 Å². The maximum absolute atomic E-state index is 12.7. The summed E-state index contributed by atoms with van der Waals surface area (Å²) in [5, 5.41) is 5.79. The number of aromatic nitrogens is 1. The maximum atomic E-state index is 12.7. The minimum Gasteiger partial charge on any atom is -0.433 e. The number of benzene rings is 1. The summed E-state index contributed by atoms with van der Waals surface area (Å²) in [6.07, 6.45) is 0.0726. The monoisotopic (exact) mass is 395 g/mol. The zero-order valence-electron chi connectivity index (χ0n) is 15.0. The first-order valence-electron chi connectivity index (χ1n) is 9.38. The molecule has 2 aromatic rings. The minimum absolute atomic E-state index is 0.0113. The molecule has 0 aliphatic heterocycles. The lowest BCUT2D eigenvalue weighted by Crippen LogP contribution is -2.40. The first-order valence-corrected chi connectivity index (χ1v) is 9.38. The third kappa shape index (κ3) is 4.13. The molecule has 6 nitrogen and oxygen atoms in total. The number of nitrogens with one attached hydrogen (secondary N) is 2. The van der Waals surface area contributed by atoms with E-state index in [1.165, 1.54) is 18.2 Å². The molecule has 2 saturated carbocycles. The number of carbonyl (C=O) groups excluding carboxylic acids is 2. The molecule has 0 spiro atoms. The summed E-state index contributed by atoms with van der Waals surface area (Å²) < 4.78 is 42.7. The van der Waals surface area contributed by atoms with Crippen LogP contribution in [0.4, 0.5) is 18.9 Å². The van der Waals surface area contributed by atoms with E-state index in [-0.39, 0.29) is 40.8 Å². The number of halogens is 3. The Kier molecular flexibility index (Phi) is 4.76. The van der Waals surface area contributed by atoms with Gasteiger partial charge in [0.15, 0.2) is 5.58 Å². The van der Waals surface area contributed by atoms with Crippen molar-refractivity contribution >= 4 is 28.6 Å². The normalized spacial score (nSPS) is 22.8. The van der Waals surface area contributed by atoms with Gasteiger partial charge in [-0.1, -0.05) is 0 Å². The number of anilines is 1. The molecule has 0 radical (unpaired) electrons. The van der Waals surface area contributed by atoms with E-state index in [0.29, 0.717) is 18.5 Å². The molecule has 1 heterocycles. The lowest BCUT2D eigenvalue weighted by molar-refractivity contribution is -0.156. The Bertz CT molecular complexity index is 897. The van der Waals surface area contributed by atoms with E-state index in [1.54, 1.807) is 0 Å². The van der Waals surface area contributed by atoms with Crippen molar-refractivity contribution in [2.75, 3.05) is 5.32 Å². The van der Waals surface area contributed by atoms with Gasteiger partial charge in [0.05, 0.1) is 0 Å². The quantitative estimate of drug-likeness (QED) is 0.823. The molecule has 2 fully saturated rings. The van der Waals surface area contributed by atoms with Crippen LogP contribution in [0, 0.1) is 11.8 Å². The van der Waals surface area contributed by atoms with Crippen molar-refractivity contribution in [1.82, 2.24) is 10.3 Å². The third-order valence-corrected chi connectivity index (χ3v) is 5.29. The number of oxazole rings is 1. The van der Waals surface area contributed by atoms with Gasteiger partial charge in [-0.15, -0.1) is 0 Å². The van der Waals surface area contributed by atoms with E-state index in [1.807, 2.05) is 0 Å². The standard InChI is InChI=1S/C19H20F3N3O3/c20-19(21,22)18-25-14-9-13(7-8-15(14)28-18)24-17(27)11-3-5-12(6-4-11)23-16(26)10-1-2-10/h7-12H,1-6H2,(H,23,26)(H,24,27). The molecule has 150 valence electrons. The fourth-order valence-corrected chi connectivity index (χ4v) is 3.54. The molecular weight excluding hydrogens is 375 g/mol. The molecule has 0 atom stereocenters. The molecule has 28 heavy (non-hydrogen) atoms. The third-order valence-electron chi connectivity index (χ3n) is 5.29. The van der Waals surface area contributed by atoms with Crippen LogP contribution in [0.1, 0.15) is 44.4 Å². The van der Waals surface area contributed by atoms with E-state index in [2.05, 4.69) is 15.6 Å². The van der Waals surface area contributed by atoms with E-state index in [4.69, 9.17) is 4.42 Å². The fraction of sp³-hybridized carbons (Fsp3) is 0.526. The van der Waals surface area contributed by atoms with Gasteiger partial charge in [-0.25, -0.2) is 4.98 Å². The predicted molar refractivity (Wildman–Crippen MR) is 94.3 cm³/mol. The number of nitrogens with zero attached hydrogens (tertiary/aromatic N) is 1. The van der Waals surface area contributed by atoms with Crippen molar-refractivity contribution < 1.29 is 27.2 Å². The van der Waals surface area contributed by atoms with Gasteiger partial charge < -0.3 is 15.1 Å². The van der Waals surface area contributed by atoms with Crippen LogP contribution >= 0.6 is 0 Å². The molecule has 0 bridgehead atoms. The van der Waals surface area contributed by atoms with Crippen LogP contribution in [-0.4, -0.2) is 22.8 Å². The van der Waals surface area contributed by atoms with Crippen molar-refractivity contribution in [1.29, 1.82) is 0 Å². The fourth-order valence-electron chi connectivity index (χ4n) is 3.54. The van der Waals surface area contributed by atoms with Crippen LogP contribution in [-0.2, 0) is 15.8 Å². The Balaban J connectivity index is 1.34. The molecular formula is C19H20F3N3O3. The Hall–Kier alpha value is -2.58. The Morgan fingerprint density at radius 2 is 1.64 bits per heavy atom. The van der Waals surface area contributed by atoms with Crippen LogP contribution in [0.5, 0.6) is 0 Å². The van der Waals surface area contributed by atoms with Crippen molar-refractivity contribution in [2.45, 2.75) is 50.7 Å². The smallest absolute Gasteiger partial charge is 0.433 e. The molecule has 1 aromatic carbocycles. The largest absolute Gasteiger partial charge is 0.468 e. The van der Waals surface area contributed by atoms with Crippen molar-refractivity contribution in [3.63, 3.8) is 0 Å². The van der Waals surface area contributed by atoms with E-state index in [0.717, 1.165) is 25.7 Å². The van der Waals surface area contributed by atoms with Crippen molar-refractivity contribution in [3.05, 3.63) is 24.1 Å². The SMILES string of the molecule is O=C(Nc1ccc2oc(C(F)(F)F)nc2c1)C1CCC(NC(=O)C2CC2)CC1. The first-order chi connectivity index (χ1) is 13.3. The predicted octanol–water partition coefficient (Wildman–Crippen LogP) is 3.87. The molecule has 2 aliphatic carbocycles. The van der Waals surface area contributed by atoms with Gasteiger partial charge in [-0.2, -0.15) is 13.2 Å². The average Bonchev–Trinajstić information content (AvgIpc) is 3.40. The second-order valence-corrected chi connectivity index (χ2v) is 7.52. The van der Waals surface area contributed by atoms with Gasteiger partial charge in [-0.3, -0.25) is 9.59 Å². The van der Waals surface area contributed by atoms with Gasteiger partial charge >= 0.3 is 12.1 Å². The highest BCUT2D eigenvalue weighted by Crippen LogP contribution is 2.33. The number of amides is 2. The molecule has 2 amide bonds. The molecule has 0 unspecified atom stereocenters. The lowest BCUT2D eigenvalue weighted by atomic mass is 9.85. The number of fused-ring (bicyclic) bond motifs is 1. The van der Waals surface area contributed by atoms with Gasteiger partial charge in [0.2, 0.25) is 11.8 Å². The summed E-state index contributed by atoms with van der Waals surface area (Å²) >= 11 is 0. The molecule has 0 saturated heterocycles. The minimum atomic E-state index is -4.66. The summed E-state index contributed by atoms with van der Waals surface area (Å²) in [5.41, 5.74) is 0.428. The summed E-state index contributed by atoms with van der Waals surface area (Å²) in [7, 11) is 0. The summed E-state index contributed by atoms with van der Waals surface area (Å²) in [6.45, 7) is 0. The van der Waals surface area contributed by atoms with Crippen LogP contribution in [0.3, 0.4) is 0 Å². The number of rotatable bonds is 4. The number of carbonyl (C=O) groups is 2. The summed E-state index contributed by atoms with van der Waals surface area (Å²) in [6, 6.07) is 4.34. The lowest BCUT2D eigenvalue weighted by Gasteiger charge is -2.28. The average molecular weight is 395 g/mol. The molecule has 2 aliphatic rings. The second-order valence-electron chi connectivity index (χ2n) is 7.52. The van der Waals surface area contributed by atoms with Crippen molar-refractivity contribution in [3.8, 4) is 0 Å². The maximum Gasteiger partial charge on any atom is 0.468 e. The van der Waals surface area contributed by atoms with Gasteiger partial charge in [0, 0.05) is 23.6 Å². The molecule has 4 rings (SSSR count). The van der Waals surface area contributed by atoms with Gasteiger partial charge in [-0.05, 0) is 56.7 Å². The molecule has 9 heteroatoms. The summed E-state index contributed by atoms with van der Waals surface area (Å²) in [5.74, 6) is -1.38. The first kappa shape index (κ1) is 18.8. The topological polar surface area (TPSA) is 84.2 Å². The van der Waals surface area contributed by atoms with Gasteiger partial charge in [0.1, 0.15) is 5.52 Å². The number of hydrogen-bond acceptors (Lipinski definition) is 4. The molecule has 1 aromatic heterocycles. The van der Waals surface area contributed by atoms with Crippen LogP contribution < -0.4 is 10.6 Å². The summed E-state index contributed by atoms with van der Waals surface area (Å²) in [4.78, 5) is 27.8. The molecule has 2 N–H and O–H groups in total. The highest BCUT2D eigenvalue weighted by molar-refractivity contribution is 5.94. The number of hydrogen-bond donors (Lipinski definition) is 2. The Morgan fingerprint density at radius 1 is 1.00 bits per heavy atom. The second kappa shape index (κ2) is 7.10. The number of alkyl halides is 3. The Morgan fingerprint density at radius 3 is 2.29 bits per heavy atom. The van der Waals surface area contributed by atoms with E-state index >= 15 is 0 Å². The van der Waals surface area contributed by atoms with Crippen LogP contribution in [0.2, 0.25) is 0 Å². The van der Waals surface area contributed by atoms with Crippen LogP contribution in [0.15, 0.2) is 22.6 Å². The van der Waals surface area contributed by atoms with Crippen LogP contribution in [0.25, 0.3) is 11.1 Å². The van der Waals surface area contributed by atoms with Gasteiger partial charge in [0.25, 0.3) is 0 Å². The van der Waals surface area contributed by atoms with E-state index in [9.17, 15) is 22.8 Å². The van der Waals surface area contributed by atoms with Crippen molar-refractivity contribution in [2.24, 2.45) is 11.8 Å². The highest BCUT2D eigenvalue weighted by Gasteiger charge is 2.37.